The molecule has 1 atom stereocenters. The number of aromatic nitrogens is 3. The quantitative estimate of drug-likeness (QED) is 0.898. The number of rotatable bonds is 4. The summed E-state index contributed by atoms with van der Waals surface area (Å²) < 4.78 is 7.88. The molecule has 6 heteroatoms. The van der Waals surface area contributed by atoms with Crippen LogP contribution in [-0.4, -0.2) is 46.4 Å². The van der Waals surface area contributed by atoms with Crippen LogP contribution in [0.1, 0.15) is 52.7 Å². The molecule has 4 rings (SSSR count). The number of likely N-dealkylation sites (tertiary alicyclic amines) is 1. The molecule has 1 aromatic heterocycles. The second-order valence-corrected chi connectivity index (χ2v) is 8.00. The standard InChI is InChI=1S/C21H31N5O/c1-14-10-19(27-4)16(3)15(2)18(14)13-25-8-5-6-17(12-25)21-24-23-20-11-22-7-9-26(20)21/h10,17,22H,5-9,11-13H2,1-4H3. The average Bonchev–Trinajstić information content (AvgIpc) is 3.12. The zero-order valence-electron chi connectivity index (χ0n) is 17.0. The van der Waals surface area contributed by atoms with Gasteiger partial charge in [0.2, 0.25) is 0 Å². The van der Waals surface area contributed by atoms with Gasteiger partial charge in [0.25, 0.3) is 0 Å². The molecular formula is C21H31N5O. The zero-order chi connectivity index (χ0) is 19.0. The van der Waals surface area contributed by atoms with Gasteiger partial charge in [-0.25, -0.2) is 0 Å². The third-order valence-corrected chi connectivity index (χ3v) is 6.33. The summed E-state index contributed by atoms with van der Waals surface area (Å²) in [5, 5.41) is 12.4. The van der Waals surface area contributed by atoms with E-state index in [1.807, 2.05) is 0 Å². The Bertz CT molecular complexity index is 828. The van der Waals surface area contributed by atoms with Gasteiger partial charge in [0.1, 0.15) is 17.4 Å². The van der Waals surface area contributed by atoms with Gasteiger partial charge in [-0.2, -0.15) is 0 Å². The number of hydrogen-bond donors (Lipinski definition) is 1. The van der Waals surface area contributed by atoms with Gasteiger partial charge < -0.3 is 14.6 Å². The fourth-order valence-corrected chi connectivity index (χ4v) is 4.60. The normalized spacial score (nSPS) is 20.5. The molecule has 1 saturated heterocycles. The summed E-state index contributed by atoms with van der Waals surface area (Å²) in [6, 6.07) is 2.18. The minimum atomic E-state index is 0.484. The first-order chi connectivity index (χ1) is 13.1. The third kappa shape index (κ3) is 3.48. The molecule has 2 aliphatic rings. The van der Waals surface area contributed by atoms with E-state index in [0.29, 0.717) is 5.92 Å². The van der Waals surface area contributed by atoms with E-state index in [1.54, 1.807) is 7.11 Å². The summed E-state index contributed by atoms with van der Waals surface area (Å²) in [5.41, 5.74) is 5.38. The van der Waals surface area contributed by atoms with Crippen molar-refractivity contribution in [2.75, 3.05) is 26.7 Å². The lowest BCUT2D eigenvalue weighted by Crippen LogP contribution is -2.36. The lowest BCUT2D eigenvalue weighted by Gasteiger charge is -2.33. The van der Waals surface area contributed by atoms with Crippen LogP contribution in [0.25, 0.3) is 0 Å². The van der Waals surface area contributed by atoms with Crippen LogP contribution >= 0.6 is 0 Å². The zero-order valence-corrected chi connectivity index (χ0v) is 17.0. The molecule has 1 fully saturated rings. The maximum Gasteiger partial charge on any atom is 0.147 e. The number of aryl methyl sites for hydroxylation is 1. The topological polar surface area (TPSA) is 55.2 Å². The molecule has 0 saturated carbocycles. The van der Waals surface area contributed by atoms with Crippen molar-refractivity contribution in [2.45, 2.75) is 59.2 Å². The van der Waals surface area contributed by atoms with E-state index in [9.17, 15) is 0 Å². The molecule has 0 bridgehead atoms. The summed E-state index contributed by atoms with van der Waals surface area (Å²) in [5.74, 6) is 3.76. The predicted octanol–water partition coefficient (Wildman–Crippen LogP) is 2.69. The molecular weight excluding hydrogens is 338 g/mol. The van der Waals surface area contributed by atoms with E-state index in [0.717, 1.165) is 50.8 Å². The summed E-state index contributed by atoms with van der Waals surface area (Å²) >= 11 is 0. The first-order valence-electron chi connectivity index (χ1n) is 10.1. The Balaban J connectivity index is 1.53. The SMILES string of the molecule is COc1cc(C)c(CN2CCCC(c3nnc4n3CCNC4)C2)c(C)c1C. The third-order valence-electron chi connectivity index (χ3n) is 6.33. The minimum Gasteiger partial charge on any atom is -0.496 e. The summed E-state index contributed by atoms with van der Waals surface area (Å²) in [6.07, 6.45) is 2.43. The maximum atomic E-state index is 5.53. The summed E-state index contributed by atoms with van der Waals surface area (Å²) in [7, 11) is 1.75. The Morgan fingerprint density at radius 1 is 1.19 bits per heavy atom. The Kier molecular flexibility index (Phi) is 5.19. The van der Waals surface area contributed by atoms with Gasteiger partial charge in [0.05, 0.1) is 13.7 Å². The Morgan fingerprint density at radius 3 is 2.85 bits per heavy atom. The van der Waals surface area contributed by atoms with Crippen molar-refractivity contribution in [3.63, 3.8) is 0 Å². The van der Waals surface area contributed by atoms with E-state index >= 15 is 0 Å². The Labute approximate surface area is 161 Å². The highest BCUT2D eigenvalue weighted by Gasteiger charge is 2.28. The Hall–Kier alpha value is -1.92. The van der Waals surface area contributed by atoms with Crippen LogP contribution in [0, 0.1) is 20.8 Å². The molecule has 0 radical (unpaired) electrons. The van der Waals surface area contributed by atoms with E-state index in [2.05, 4.69) is 51.8 Å². The monoisotopic (exact) mass is 369 g/mol. The molecule has 146 valence electrons. The number of hydrogen-bond acceptors (Lipinski definition) is 5. The fraction of sp³-hybridized carbons (Fsp3) is 0.619. The van der Waals surface area contributed by atoms with E-state index in [4.69, 9.17) is 4.74 Å². The fourth-order valence-electron chi connectivity index (χ4n) is 4.60. The van der Waals surface area contributed by atoms with Gasteiger partial charge in [0, 0.05) is 32.1 Å². The molecule has 1 unspecified atom stereocenters. The van der Waals surface area contributed by atoms with Crippen LogP contribution < -0.4 is 10.1 Å². The van der Waals surface area contributed by atoms with Crippen molar-refractivity contribution in [1.82, 2.24) is 25.0 Å². The van der Waals surface area contributed by atoms with Crippen LogP contribution in [0.2, 0.25) is 0 Å². The summed E-state index contributed by atoms with van der Waals surface area (Å²) in [4.78, 5) is 2.60. The highest BCUT2D eigenvalue weighted by Crippen LogP contribution is 2.31. The van der Waals surface area contributed by atoms with Crippen LogP contribution in [0.4, 0.5) is 0 Å². The molecule has 1 aromatic carbocycles. The minimum absolute atomic E-state index is 0.484. The molecule has 0 aliphatic carbocycles. The molecule has 2 aliphatic heterocycles. The summed E-state index contributed by atoms with van der Waals surface area (Å²) in [6.45, 7) is 12.7. The number of nitrogens with one attached hydrogen (secondary N) is 1. The van der Waals surface area contributed by atoms with Gasteiger partial charge in [-0.05, 0) is 68.5 Å². The first kappa shape index (κ1) is 18.4. The number of piperidine rings is 1. The second kappa shape index (κ2) is 7.60. The molecule has 6 nitrogen and oxygen atoms in total. The van der Waals surface area contributed by atoms with Crippen LogP contribution in [-0.2, 0) is 19.6 Å². The van der Waals surface area contributed by atoms with Crippen LogP contribution in [0.5, 0.6) is 5.75 Å². The number of methoxy groups -OCH3 is 1. The van der Waals surface area contributed by atoms with Crippen molar-refractivity contribution in [1.29, 1.82) is 0 Å². The number of benzene rings is 1. The number of fused-ring (bicyclic) bond motifs is 1. The average molecular weight is 370 g/mol. The molecule has 27 heavy (non-hydrogen) atoms. The lowest BCUT2D eigenvalue weighted by molar-refractivity contribution is 0.193. The molecule has 0 spiro atoms. The predicted molar refractivity (Wildman–Crippen MR) is 106 cm³/mol. The second-order valence-electron chi connectivity index (χ2n) is 8.00. The molecule has 3 heterocycles. The van der Waals surface area contributed by atoms with Crippen molar-refractivity contribution in [3.8, 4) is 5.75 Å². The molecule has 0 amide bonds. The van der Waals surface area contributed by atoms with Gasteiger partial charge >= 0.3 is 0 Å². The first-order valence-corrected chi connectivity index (χ1v) is 10.1. The van der Waals surface area contributed by atoms with Gasteiger partial charge in [-0.15, -0.1) is 10.2 Å². The van der Waals surface area contributed by atoms with E-state index in [1.165, 1.54) is 40.9 Å². The molecule has 1 N–H and O–H groups in total. The number of ether oxygens (including phenoxy) is 1. The largest absolute Gasteiger partial charge is 0.496 e. The smallest absolute Gasteiger partial charge is 0.147 e. The van der Waals surface area contributed by atoms with Gasteiger partial charge in [-0.1, -0.05) is 0 Å². The lowest BCUT2D eigenvalue weighted by atomic mass is 9.93. The highest BCUT2D eigenvalue weighted by atomic mass is 16.5. The van der Waals surface area contributed by atoms with Crippen molar-refractivity contribution in [2.24, 2.45) is 0 Å². The van der Waals surface area contributed by atoms with Crippen molar-refractivity contribution < 1.29 is 4.74 Å². The number of nitrogens with zero attached hydrogens (tertiary/aromatic N) is 4. The van der Waals surface area contributed by atoms with E-state index < -0.39 is 0 Å². The van der Waals surface area contributed by atoms with Crippen molar-refractivity contribution >= 4 is 0 Å². The van der Waals surface area contributed by atoms with Crippen LogP contribution in [0.3, 0.4) is 0 Å². The maximum absolute atomic E-state index is 5.53. The van der Waals surface area contributed by atoms with Gasteiger partial charge in [-0.3, -0.25) is 4.90 Å². The highest BCUT2D eigenvalue weighted by molar-refractivity contribution is 5.48. The van der Waals surface area contributed by atoms with E-state index in [-0.39, 0.29) is 0 Å². The van der Waals surface area contributed by atoms with Crippen LogP contribution in [0.15, 0.2) is 6.07 Å². The Morgan fingerprint density at radius 2 is 2.04 bits per heavy atom. The van der Waals surface area contributed by atoms with Crippen molar-refractivity contribution in [3.05, 3.63) is 40.0 Å². The van der Waals surface area contributed by atoms with Gasteiger partial charge in [0.15, 0.2) is 0 Å². The molecule has 2 aromatic rings.